The molecule has 2 amide bonds. The van der Waals surface area contributed by atoms with Crippen molar-refractivity contribution in [1.82, 2.24) is 10.2 Å². The van der Waals surface area contributed by atoms with E-state index in [2.05, 4.69) is 17.5 Å². The van der Waals surface area contributed by atoms with E-state index in [0.29, 0.717) is 43.8 Å². The van der Waals surface area contributed by atoms with E-state index in [1.54, 1.807) is 11.8 Å². The molecule has 116 valence electrons. The molecule has 2 N–H and O–H groups in total. The molecule has 2 fully saturated rings. The van der Waals surface area contributed by atoms with Crippen molar-refractivity contribution < 1.29 is 14.7 Å². The maximum absolute atomic E-state index is 12.2. The molecule has 3 aliphatic carbocycles. The third kappa shape index (κ3) is 2.78. The third-order valence-corrected chi connectivity index (χ3v) is 5.50. The monoisotopic (exact) mass is 292 g/mol. The molecule has 4 rings (SSSR count). The minimum Gasteiger partial charge on any atom is -0.481 e. The van der Waals surface area contributed by atoms with Gasteiger partial charge < -0.3 is 15.3 Å². The van der Waals surface area contributed by atoms with Gasteiger partial charge >= 0.3 is 12.0 Å². The van der Waals surface area contributed by atoms with Crippen LogP contribution in [0.15, 0.2) is 12.2 Å². The molecule has 5 heteroatoms. The molecule has 0 aromatic heterocycles. The Balaban J connectivity index is 1.49. The zero-order chi connectivity index (χ0) is 15.0. The van der Waals surface area contributed by atoms with E-state index in [1.807, 2.05) is 0 Å². The topological polar surface area (TPSA) is 69.6 Å². The quantitative estimate of drug-likeness (QED) is 0.783. The largest absolute Gasteiger partial charge is 0.481 e. The molecule has 21 heavy (non-hydrogen) atoms. The molecule has 1 saturated heterocycles. The second kappa shape index (κ2) is 5.35. The number of aliphatic carboxylic acids is 1. The van der Waals surface area contributed by atoms with Crippen LogP contribution < -0.4 is 5.32 Å². The number of nitrogens with zero attached hydrogens (tertiary/aromatic N) is 1. The first-order valence-electron chi connectivity index (χ1n) is 7.92. The SMILES string of the molecule is CC1(C(=O)O)CCN(C(=O)NCC2CC3C=CC2CC3)C1. The van der Waals surface area contributed by atoms with Gasteiger partial charge in [-0.05, 0) is 50.4 Å². The zero-order valence-corrected chi connectivity index (χ0v) is 12.5. The molecular formula is C16H24N2O3. The molecule has 2 bridgehead atoms. The van der Waals surface area contributed by atoms with Gasteiger partial charge in [0.25, 0.3) is 0 Å². The molecule has 4 unspecified atom stereocenters. The van der Waals surface area contributed by atoms with Crippen LogP contribution in [0.2, 0.25) is 0 Å². The fourth-order valence-corrected chi connectivity index (χ4v) is 3.93. The van der Waals surface area contributed by atoms with Crippen molar-refractivity contribution in [2.75, 3.05) is 19.6 Å². The molecule has 0 aromatic carbocycles. The summed E-state index contributed by atoms with van der Waals surface area (Å²) in [5.74, 6) is 1.04. The number of carbonyl (C=O) groups is 2. The van der Waals surface area contributed by atoms with E-state index in [9.17, 15) is 14.7 Å². The van der Waals surface area contributed by atoms with Crippen molar-refractivity contribution in [1.29, 1.82) is 0 Å². The van der Waals surface area contributed by atoms with Crippen LogP contribution >= 0.6 is 0 Å². The summed E-state index contributed by atoms with van der Waals surface area (Å²) < 4.78 is 0. The Hall–Kier alpha value is -1.52. The first kappa shape index (κ1) is 14.4. The standard InChI is InChI=1S/C16H24N2O3/c1-16(14(19)20)6-7-18(10-16)15(21)17-9-13-8-11-2-4-12(13)5-3-11/h2,4,11-13H,3,5-10H2,1H3,(H,17,21)(H,19,20). The van der Waals surface area contributed by atoms with Crippen LogP contribution in [-0.2, 0) is 4.79 Å². The molecule has 5 nitrogen and oxygen atoms in total. The van der Waals surface area contributed by atoms with E-state index < -0.39 is 11.4 Å². The highest BCUT2D eigenvalue weighted by Gasteiger charge is 2.42. The van der Waals surface area contributed by atoms with Gasteiger partial charge in [0.1, 0.15) is 0 Å². The first-order valence-corrected chi connectivity index (χ1v) is 7.92. The number of nitrogens with one attached hydrogen (secondary N) is 1. The lowest BCUT2D eigenvalue weighted by Gasteiger charge is -2.38. The number of carboxylic acid groups (broad SMARTS) is 1. The number of allylic oxidation sites excluding steroid dienone is 2. The maximum Gasteiger partial charge on any atom is 0.317 e. The number of urea groups is 1. The highest BCUT2D eigenvalue weighted by Crippen LogP contribution is 2.40. The fraction of sp³-hybridized carbons (Fsp3) is 0.750. The highest BCUT2D eigenvalue weighted by molar-refractivity contribution is 5.79. The number of carboxylic acids is 1. The summed E-state index contributed by atoms with van der Waals surface area (Å²) >= 11 is 0. The summed E-state index contributed by atoms with van der Waals surface area (Å²) in [5.41, 5.74) is -0.788. The normalized spacial score (nSPS) is 37.8. The Bertz CT molecular complexity index is 476. The first-order chi connectivity index (χ1) is 9.98. The summed E-state index contributed by atoms with van der Waals surface area (Å²) in [4.78, 5) is 25.1. The molecule has 0 aromatic rings. The van der Waals surface area contributed by atoms with Crippen molar-refractivity contribution in [3.05, 3.63) is 12.2 Å². The van der Waals surface area contributed by atoms with E-state index in [1.165, 1.54) is 19.3 Å². The van der Waals surface area contributed by atoms with Crippen molar-refractivity contribution >= 4 is 12.0 Å². The van der Waals surface area contributed by atoms with E-state index in [4.69, 9.17) is 0 Å². The number of hydrogen-bond donors (Lipinski definition) is 2. The van der Waals surface area contributed by atoms with Crippen LogP contribution in [0.1, 0.15) is 32.6 Å². The van der Waals surface area contributed by atoms with Crippen molar-refractivity contribution in [3.63, 3.8) is 0 Å². The van der Waals surface area contributed by atoms with E-state index >= 15 is 0 Å². The number of carbonyl (C=O) groups excluding carboxylic acids is 1. The molecule has 1 aliphatic heterocycles. The third-order valence-electron chi connectivity index (χ3n) is 5.50. The van der Waals surface area contributed by atoms with Crippen molar-refractivity contribution in [2.45, 2.75) is 32.6 Å². The number of amides is 2. The smallest absolute Gasteiger partial charge is 0.317 e. The fourth-order valence-electron chi connectivity index (χ4n) is 3.93. The van der Waals surface area contributed by atoms with Gasteiger partial charge in [0.05, 0.1) is 5.41 Å². The summed E-state index contributed by atoms with van der Waals surface area (Å²) in [5, 5.41) is 12.2. The second-order valence-electron chi connectivity index (χ2n) is 7.11. The van der Waals surface area contributed by atoms with Gasteiger partial charge in [0.2, 0.25) is 0 Å². The van der Waals surface area contributed by atoms with Gasteiger partial charge in [-0.3, -0.25) is 4.79 Å². The Morgan fingerprint density at radius 2 is 2.19 bits per heavy atom. The second-order valence-corrected chi connectivity index (χ2v) is 7.11. The lowest BCUT2D eigenvalue weighted by atomic mass is 9.69. The van der Waals surface area contributed by atoms with Crippen molar-refractivity contribution in [2.24, 2.45) is 23.2 Å². The van der Waals surface area contributed by atoms with Crippen LogP contribution in [0.4, 0.5) is 4.79 Å². The van der Waals surface area contributed by atoms with Crippen LogP contribution in [0, 0.1) is 23.2 Å². The lowest BCUT2D eigenvalue weighted by molar-refractivity contribution is -0.146. The van der Waals surface area contributed by atoms with Crippen molar-refractivity contribution in [3.8, 4) is 0 Å². The van der Waals surface area contributed by atoms with Crippen LogP contribution in [0.3, 0.4) is 0 Å². The number of hydrogen-bond acceptors (Lipinski definition) is 2. The Kier molecular flexibility index (Phi) is 3.68. The molecule has 1 saturated carbocycles. The van der Waals surface area contributed by atoms with Crippen LogP contribution in [-0.4, -0.2) is 41.6 Å². The van der Waals surface area contributed by atoms with Crippen LogP contribution in [0.25, 0.3) is 0 Å². The molecule has 1 heterocycles. The Labute approximate surface area is 125 Å². The zero-order valence-electron chi connectivity index (χ0n) is 12.5. The van der Waals surface area contributed by atoms with E-state index in [0.717, 1.165) is 0 Å². The lowest BCUT2D eigenvalue weighted by Crippen LogP contribution is -2.44. The summed E-state index contributed by atoms with van der Waals surface area (Å²) in [6, 6.07) is -0.106. The van der Waals surface area contributed by atoms with E-state index in [-0.39, 0.29) is 6.03 Å². The highest BCUT2D eigenvalue weighted by atomic mass is 16.4. The number of fused-ring (bicyclic) bond motifs is 2. The average Bonchev–Trinajstić information content (AvgIpc) is 2.90. The average molecular weight is 292 g/mol. The molecular weight excluding hydrogens is 268 g/mol. The summed E-state index contributed by atoms with van der Waals surface area (Å²) in [7, 11) is 0. The molecule has 0 radical (unpaired) electrons. The van der Waals surface area contributed by atoms with Gasteiger partial charge in [-0.1, -0.05) is 12.2 Å². The van der Waals surface area contributed by atoms with Gasteiger partial charge in [-0.2, -0.15) is 0 Å². The predicted octanol–water partition coefficient (Wildman–Crippen LogP) is 2.09. The predicted molar refractivity (Wildman–Crippen MR) is 78.8 cm³/mol. The maximum atomic E-state index is 12.2. The van der Waals surface area contributed by atoms with Gasteiger partial charge in [0, 0.05) is 19.6 Å². The van der Waals surface area contributed by atoms with Gasteiger partial charge in [-0.25, -0.2) is 4.79 Å². The minimum atomic E-state index is -0.812. The Morgan fingerprint density at radius 3 is 2.71 bits per heavy atom. The molecule has 0 spiro atoms. The Morgan fingerprint density at radius 1 is 1.38 bits per heavy atom. The van der Waals surface area contributed by atoms with Gasteiger partial charge in [0.15, 0.2) is 0 Å². The van der Waals surface area contributed by atoms with Gasteiger partial charge in [-0.15, -0.1) is 0 Å². The number of rotatable bonds is 3. The molecule has 4 aliphatic rings. The number of likely N-dealkylation sites (tertiary alicyclic amines) is 1. The molecule has 4 atom stereocenters. The summed E-state index contributed by atoms with van der Waals surface area (Å²) in [6.45, 7) is 3.27. The van der Waals surface area contributed by atoms with Crippen LogP contribution in [0.5, 0.6) is 0 Å². The minimum absolute atomic E-state index is 0.106. The summed E-state index contributed by atoms with van der Waals surface area (Å²) in [6.07, 6.45) is 8.87.